The molecule has 0 bridgehead atoms. The van der Waals surface area contributed by atoms with Crippen molar-refractivity contribution in [1.29, 1.82) is 0 Å². The summed E-state index contributed by atoms with van der Waals surface area (Å²) in [5.41, 5.74) is 6.08. The number of aromatic nitrogens is 2. The maximum atomic E-state index is 5.92. The van der Waals surface area contributed by atoms with Gasteiger partial charge in [-0.3, -0.25) is 0 Å². The minimum Gasteiger partial charge on any atom is -0.329 e. The van der Waals surface area contributed by atoms with Crippen LogP contribution in [0.15, 0.2) is 0 Å². The minimum atomic E-state index is 0.157. The van der Waals surface area contributed by atoms with Gasteiger partial charge in [-0.25, -0.2) is 4.98 Å². The molecule has 0 aromatic carbocycles. The molecule has 1 fully saturated rings. The van der Waals surface area contributed by atoms with E-state index in [2.05, 4.69) is 9.36 Å². The Bertz CT molecular complexity index is 302. The molecule has 0 amide bonds. The molecule has 0 radical (unpaired) electrons. The Labute approximate surface area is 88.9 Å². The third-order valence-corrected chi connectivity index (χ3v) is 4.24. The van der Waals surface area contributed by atoms with Crippen LogP contribution in [0.3, 0.4) is 0 Å². The Morgan fingerprint density at radius 2 is 2.07 bits per heavy atom. The lowest BCUT2D eigenvalue weighted by atomic mass is 9.74. The number of rotatable bonds is 2. The smallest absolute Gasteiger partial charge is 0.139 e. The van der Waals surface area contributed by atoms with Gasteiger partial charge in [0.1, 0.15) is 10.8 Å². The number of aryl methyl sites for hydroxylation is 1. The van der Waals surface area contributed by atoms with E-state index in [0.717, 1.165) is 17.4 Å². The predicted molar refractivity (Wildman–Crippen MR) is 58.5 cm³/mol. The normalized spacial score (nSPS) is 21.0. The molecule has 2 N–H and O–H groups in total. The molecule has 2 rings (SSSR count). The van der Waals surface area contributed by atoms with Crippen molar-refractivity contribution in [3.8, 4) is 0 Å². The average molecular weight is 211 g/mol. The Morgan fingerprint density at radius 3 is 2.57 bits per heavy atom. The molecule has 0 atom stereocenters. The van der Waals surface area contributed by atoms with Gasteiger partial charge < -0.3 is 5.73 Å². The van der Waals surface area contributed by atoms with E-state index in [1.807, 2.05) is 6.92 Å². The van der Waals surface area contributed by atoms with E-state index in [4.69, 9.17) is 5.73 Å². The first-order chi connectivity index (χ1) is 6.77. The Kier molecular flexibility index (Phi) is 2.83. The fourth-order valence-electron chi connectivity index (χ4n) is 2.25. The average Bonchev–Trinajstić information content (AvgIpc) is 2.66. The van der Waals surface area contributed by atoms with Crippen LogP contribution >= 0.6 is 11.5 Å². The SMILES string of the molecule is Cc1nsc(C2(CN)CCCCC2)n1. The molecule has 4 heteroatoms. The molecule has 3 nitrogen and oxygen atoms in total. The fourth-order valence-corrected chi connectivity index (χ4v) is 3.16. The van der Waals surface area contributed by atoms with E-state index in [1.165, 1.54) is 43.6 Å². The van der Waals surface area contributed by atoms with Crippen LogP contribution in [0.25, 0.3) is 0 Å². The van der Waals surface area contributed by atoms with Crippen molar-refractivity contribution >= 4 is 11.5 Å². The predicted octanol–water partition coefficient (Wildman–Crippen LogP) is 2.01. The molecular weight excluding hydrogens is 194 g/mol. The van der Waals surface area contributed by atoms with Crippen LogP contribution in [0.1, 0.15) is 42.9 Å². The molecule has 1 aromatic rings. The monoisotopic (exact) mass is 211 g/mol. The maximum Gasteiger partial charge on any atom is 0.139 e. The number of nitrogens with two attached hydrogens (primary N) is 1. The van der Waals surface area contributed by atoms with E-state index < -0.39 is 0 Å². The van der Waals surface area contributed by atoms with Crippen LogP contribution in [0.4, 0.5) is 0 Å². The van der Waals surface area contributed by atoms with Crippen molar-refractivity contribution < 1.29 is 0 Å². The molecule has 1 aliphatic carbocycles. The second kappa shape index (κ2) is 3.95. The van der Waals surface area contributed by atoms with Crippen molar-refractivity contribution in [3.05, 3.63) is 10.8 Å². The zero-order chi connectivity index (χ0) is 10.0. The summed E-state index contributed by atoms with van der Waals surface area (Å²) in [5, 5.41) is 1.16. The second-order valence-corrected chi connectivity index (χ2v) is 4.94. The van der Waals surface area contributed by atoms with Crippen molar-refractivity contribution in [3.63, 3.8) is 0 Å². The van der Waals surface area contributed by atoms with Crippen LogP contribution in [-0.2, 0) is 5.41 Å². The zero-order valence-electron chi connectivity index (χ0n) is 8.62. The lowest BCUT2D eigenvalue weighted by molar-refractivity contribution is 0.299. The van der Waals surface area contributed by atoms with Gasteiger partial charge in [-0.2, -0.15) is 4.37 Å². The van der Waals surface area contributed by atoms with E-state index >= 15 is 0 Å². The summed E-state index contributed by atoms with van der Waals surface area (Å²) in [6, 6.07) is 0. The summed E-state index contributed by atoms with van der Waals surface area (Å²) < 4.78 is 4.26. The lowest BCUT2D eigenvalue weighted by Crippen LogP contribution is -2.37. The summed E-state index contributed by atoms with van der Waals surface area (Å²) in [4.78, 5) is 4.50. The van der Waals surface area contributed by atoms with Crippen molar-refractivity contribution in [2.24, 2.45) is 5.73 Å². The molecule has 14 heavy (non-hydrogen) atoms. The molecule has 1 aliphatic rings. The van der Waals surface area contributed by atoms with Gasteiger partial charge in [-0.05, 0) is 31.3 Å². The summed E-state index contributed by atoms with van der Waals surface area (Å²) in [5.74, 6) is 0.892. The van der Waals surface area contributed by atoms with Gasteiger partial charge in [0.25, 0.3) is 0 Å². The fraction of sp³-hybridized carbons (Fsp3) is 0.800. The van der Waals surface area contributed by atoms with E-state index in [-0.39, 0.29) is 5.41 Å². The van der Waals surface area contributed by atoms with Gasteiger partial charge in [0.2, 0.25) is 0 Å². The van der Waals surface area contributed by atoms with Gasteiger partial charge in [0, 0.05) is 12.0 Å². The molecule has 78 valence electrons. The molecular formula is C10H17N3S. The van der Waals surface area contributed by atoms with Crippen LogP contribution in [0.5, 0.6) is 0 Å². The largest absolute Gasteiger partial charge is 0.329 e. The minimum absolute atomic E-state index is 0.157. The number of hydrogen-bond donors (Lipinski definition) is 1. The molecule has 1 saturated carbocycles. The highest BCUT2D eigenvalue weighted by molar-refractivity contribution is 7.05. The molecule has 0 aliphatic heterocycles. The lowest BCUT2D eigenvalue weighted by Gasteiger charge is -2.33. The Morgan fingerprint density at radius 1 is 1.36 bits per heavy atom. The maximum absolute atomic E-state index is 5.92. The molecule has 0 saturated heterocycles. The van der Waals surface area contributed by atoms with Gasteiger partial charge >= 0.3 is 0 Å². The molecule has 1 heterocycles. The third-order valence-electron chi connectivity index (χ3n) is 3.18. The summed E-state index contributed by atoms with van der Waals surface area (Å²) >= 11 is 1.54. The van der Waals surface area contributed by atoms with Crippen molar-refractivity contribution in [2.75, 3.05) is 6.54 Å². The Hall–Kier alpha value is -0.480. The highest BCUT2D eigenvalue weighted by Gasteiger charge is 2.35. The van der Waals surface area contributed by atoms with Gasteiger partial charge in [0.15, 0.2) is 0 Å². The van der Waals surface area contributed by atoms with Gasteiger partial charge in [0.05, 0.1) is 0 Å². The van der Waals surface area contributed by atoms with Crippen LogP contribution in [0.2, 0.25) is 0 Å². The van der Waals surface area contributed by atoms with Crippen LogP contribution < -0.4 is 5.73 Å². The summed E-state index contributed by atoms with van der Waals surface area (Å²) in [7, 11) is 0. The van der Waals surface area contributed by atoms with Crippen LogP contribution in [-0.4, -0.2) is 15.9 Å². The van der Waals surface area contributed by atoms with Crippen molar-refractivity contribution in [1.82, 2.24) is 9.36 Å². The van der Waals surface area contributed by atoms with E-state index in [9.17, 15) is 0 Å². The van der Waals surface area contributed by atoms with Crippen molar-refractivity contribution in [2.45, 2.75) is 44.4 Å². The number of nitrogens with zero attached hydrogens (tertiary/aromatic N) is 2. The number of hydrogen-bond acceptors (Lipinski definition) is 4. The first-order valence-electron chi connectivity index (χ1n) is 5.28. The summed E-state index contributed by atoms with van der Waals surface area (Å²) in [6.07, 6.45) is 6.31. The van der Waals surface area contributed by atoms with Gasteiger partial charge in [-0.1, -0.05) is 19.3 Å². The first-order valence-corrected chi connectivity index (χ1v) is 6.05. The highest BCUT2D eigenvalue weighted by atomic mass is 32.1. The topological polar surface area (TPSA) is 51.8 Å². The molecule has 0 spiro atoms. The van der Waals surface area contributed by atoms with Gasteiger partial charge in [-0.15, -0.1) is 0 Å². The zero-order valence-corrected chi connectivity index (χ0v) is 9.44. The van der Waals surface area contributed by atoms with E-state index in [1.54, 1.807) is 0 Å². The molecule has 1 aromatic heterocycles. The summed E-state index contributed by atoms with van der Waals surface area (Å²) in [6.45, 7) is 2.68. The standard InChI is InChI=1S/C10H17N3S/c1-8-12-9(14-13-8)10(7-11)5-3-2-4-6-10/h2-7,11H2,1H3. The second-order valence-electron chi connectivity index (χ2n) is 4.19. The third kappa shape index (κ3) is 1.68. The quantitative estimate of drug-likeness (QED) is 0.814. The first kappa shape index (κ1) is 10.1. The van der Waals surface area contributed by atoms with Crippen LogP contribution in [0, 0.1) is 6.92 Å². The van der Waals surface area contributed by atoms with E-state index in [0.29, 0.717) is 0 Å². The Balaban J connectivity index is 2.26. The highest BCUT2D eigenvalue weighted by Crippen LogP contribution is 2.39. The molecule has 0 unspecified atom stereocenters.